The third-order valence-corrected chi connectivity index (χ3v) is 3.24. The number of nitrogens with zero attached hydrogens (tertiary/aromatic N) is 3. The molecule has 2 aromatic rings. The minimum atomic E-state index is -0.184. The van der Waals surface area contributed by atoms with Crippen molar-refractivity contribution in [3.8, 4) is 11.5 Å². The monoisotopic (exact) mass is 316 g/mol. The number of hydrogen-bond donors (Lipinski definition) is 1. The van der Waals surface area contributed by atoms with Crippen molar-refractivity contribution in [2.24, 2.45) is 0 Å². The van der Waals surface area contributed by atoms with E-state index in [1.807, 2.05) is 0 Å². The molecule has 2 rings (SSSR count). The van der Waals surface area contributed by atoms with Crippen LogP contribution in [0.25, 0.3) is 0 Å². The van der Waals surface area contributed by atoms with Gasteiger partial charge >= 0.3 is 0 Å². The van der Waals surface area contributed by atoms with Gasteiger partial charge in [-0.25, -0.2) is 9.97 Å². The summed E-state index contributed by atoms with van der Waals surface area (Å²) < 4.78 is 10.8. The molecule has 7 heteroatoms. The number of nitrogen functional groups attached to an aromatic ring is 1. The summed E-state index contributed by atoms with van der Waals surface area (Å²) in [5.41, 5.74) is 7.10. The average molecular weight is 316 g/mol. The lowest BCUT2D eigenvalue weighted by atomic mass is 10.1. The molecule has 0 bridgehead atoms. The number of amides is 1. The highest BCUT2D eigenvalue weighted by Gasteiger charge is 2.20. The first-order valence-electron chi connectivity index (χ1n) is 7.04. The Hall–Kier alpha value is -2.83. The van der Waals surface area contributed by atoms with Gasteiger partial charge in [0.05, 0.1) is 24.1 Å². The molecule has 1 heterocycles. The van der Waals surface area contributed by atoms with Crippen LogP contribution < -0.4 is 15.2 Å². The minimum absolute atomic E-state index is 0.117. The molecule has 1 amide bonds. The van der Waals surface area contributed by atoms with E-state index < -0.39 is 0 Å². The zero-order valence-electron chi connectivity index (χ0n) is 13.7. The molecule has 0 radical (unpaired) electrons. The number of anilines is 1. The van der Waals surface area contributed by atoms with Crippen molar-refractivity contribution in [1.29, 1.82) is 0 Å². The number of ether oxygens (including phenoxy) is 2. The van der Waals surface area contributed by atoms with Gasteiger partial charge in [0.2, 0.25) is 5.95 Å². The summed E-state index contributed by atoms with van der Waals surface area (Å²) in [6, 6.07) is 7.15. The molecule has 1 aromatic carbocycles. The van der Waals surface area contributed by atoms with E-state index in [0.717, 1.165) is 5.75 Å². The first-order valence-corrected chi connectivity index (χ1v) is 7.04. The smallest absolute Gasteiger partial charge is 0.257 e. The van der Waals surface area contributed by atoms with Crippen molar-refractivity contribution in [2.75, 3.05) is 26.9 Å². The van der Waals surface area contributed by atoms with E-state index in [1.165, 1.54) is 4.90 Å². The molecule has 0 aliphatic heterocycles. The second-order valence-electron chi connectivity index (χ2n) is 5.15. The van der Waals surface area contributed by atoms with Crippen LogP contribution >= 0.6 is 0 Å². The maximum absolute atomic E-state index is 12.3. The lowest BCUT2D eigenvalue weighted by Gasteiger charge is -2.16. The van der Waals surface area contributed by atoms with Crippen LogP contribution in [-0.4, -0.2) is 42.0 Å². The number of aromatic nitrogens is 2. The van der Waals surface area contributed by atoms with Gasteiger partial charge in [-0.15, -0.1) is 0 Å². The van der Waals surface area contributed by atoms with Crippen LogP contribution in [0, 0.1) is 6.92 Å². The fraction of sp³-hybridized carbons (Fsp3) is 0.312. The Balaban J connectivity index is 2.25. The quantitative estimate of drug-likeness (QED) is 0.902. The molecule has 0 atom stereocenters. The lowest BCUT2D eigenvalue weighted by Crippen LogP contribution is -2.26. The summed E-state index contributed by atoms with van der Waals surface area (Å²) in [6.07, 6.45) is 0. The van der Waals surface area contributed by atoms with Gasteiger partial charge in [-0.1, -0.05) is 0 Å². The predicted molar refractivity (Wildman–Crippen MR) is 86.5 cm³/mol. The van der Waals surface area contributed by atoms with Crippen molar-refractivity contribution in [1.82, 2.24) is 14.9 Å². The van der Waals surface area contributed by atoms with Crippen LogP contribution in [0.2, 0.25) is 0 Å². The summed E-state index contributed by atoms with van der Waals surface area (Å²) >= 11 is 0. The molecule has 0 saturated heterocycles. The molecule has 0 unspecified atom stereocenters. The summed E-state index contributed by atoms with van der Waals surface area (Å²) in [7, 11) is 4.94. The van der Waals surface area contributed by atoms with Gasteiger partial charge in [0, 0.05) is 14.1 Å². The Morgan fingerprint density at radius 3 is 2.35 bits per heavy atom. The van der Waals surface area contributed by atoms with E-state index >= 15 is 0 Å². The number of carbonyl (C=O) groups excluding carboxylic acids is 1. The second-order valence-corrected chi connectivity index (χ2v) is 5.15. The standard InChI is InChI=1S/C16H20N4O3/c1-10-14(15(21)20(2)3)13(19-16(17)18-10)9-23-12-7-5-11(22-4)6-8-12/h5-8H,9H2,1-4H3,(H2,17,18,19). The van der Waals surface area contributed by atoms with E-state index in [9.17, 15) is 4.79 Å². The Kier molecular flexibility index (Phi) is 5.00. The highest BCUT2D eigenvalue weighted by molar-refractivity contribution is 5.96. The summed E-state index contributed by atoms with van der Waals surface area (Å²) in [5, 5.41) is 0. The van der Waals surface area contributed by atoms with Crippen LogP contribution in [0.1, 0.15) is 21.7 Å². The van der Waals surface area contributed by atoms with Crippen molar-refractivity contribution in [3.05, 3.63) is 41.2 Å². The first kappa shape index (κ1) is 16.5. The van der Waals surface area contributed by atoms with E-state index in [0.29, 0.717) is 22.7 Å². The molecule has 2 N–H and O–H groups in total. The molecule has 1 aromatic heterocycles. The second kappa shape index (κ2) is 6.95. The van der Waals surface area contributed by atoms with E-state index in [4.69, 9.17) is 15.2 Å². The maximum atomic E-state index is 12.3. The van der Waals surface area contributed by atoms with Gasteiger partial charge in [0.25, 0.3) is 5.91 Å². The molecule has 0 spiro atoms. The van der Waals surface area contributed by atoms with Crippen LogP contribution in [0.3, 0.4) is 0 Å². The molecule has 0 aliphatic rings. The van der Waals surface area contributed by atoms with Crippen LogP contribution in [0.4, 0.5) is 5.95 Å². The Morgan fingerprint density at radius 1 is 1.17 bits per heavy atom. The summed E-state index contributed by atoms with van der Waals surface area (Å²) in [5.74, 6) is 1.31. The minimum Gasteiger partial charge on any atom is -0.497 e. The van der Waals surface area contributed by atoms with Gasteiger partial charge in [-0.3, -0.25) is 4.79 Å². The molecule has 0 fully saturated rings. The SMILES string of the molecule is COc1ccc(OCc2nc(N)nc(C)c2C(=O)N(C)C)cc1. The number of hydrogen-bond acceptors (Lipinski definition) is 6. The van der Waals surface area contributed by atoms with Crippen molar-refractivity contribution in [2.45, 2.75) is 13.5 Å². The predicted octanol–water partition coefficient (Wildman–Crippen LogP) is 1.66. The number of rotatable bonds is 5. The molecule has 0 saturated carbocycles. The molecule has 0 aliphatic carbocycles. The molecular formula is C16H20N4O3. The lowest BCUT2D eigenvalue weighted by molar-refractivity contribution is 0.0823. The normalized spacial score (nSPS) is 10.3. The number of methoxy groups -OCH3 is 1. The largest absolute Gasteiger partial charge is 0.497 e. The summed E-state index contributed by atoms with van der Waals surface area (Å²) in [4.78, 5) is 22.0. The van der Waals surface area contributed by atoms with Crippen molar-refractivity contribution >= 4 is 11.9 Å². The molecule has 122 valence electrons. The number of benzene rings is 1. The number of aryl methyl sites for hydroxylation is 1. The zero-order chi connectivity index (χ0) is 17.0. The average Bonchev–Trinajstić information content (AvgIpc) is 2.52. The van der Waals surface area contributed by atoms with Crippen LogP contribution in [-0.2, 0) is 6.61 Å². The van der Waals surface area contributed by atoms with Gasteiger partial charge in [-0.05, 0) is 31.2 Å². The van der Waals surface area contributed by atoms with E-state index in [2.05, 4.69) is 9.97 Å². The Bertz CT molecular complexity index is 699. The topological polar surface area (TPSA) is 90.6 Å². The van der Waals surface area contributed by atoms with Gasteiger partial charge in [-0.2, -0.15) is 0 Å². The molecular weight excluding hydrogens is 296 g/mol. The fourth-order valence-electron chi connectivity index (χ4n) is 2.09. The highest BCUT2D eigenvalue weighted by Crippen LogP contribution is 2.20. The third-order valence-electron chi connectivity index (χ3n) is 3.24. The Labute approximate surface area is 135 Å². The maximum Gasteiger partial charge on any atom is 0.257 e. The van der Waals surface area contributed by atoms with Crippen LogP contribution in [0.5, 0.6) is 11.5 Å². The van der Waals surface area contributed by atoms with Crippen molar-refractivity contribution < 1.29 is 14.3 Å². The molecule has 7 nitrogen and oxygen atoms in total. The van der Waals surface area contributed by atoms with E-state index in [-0.39, 0.29) is 18.5 Å². The van der Waals surface area contributed by atoms with Gasteiger partial charge in [0.1, 0.15) is 18.1 Å². The first-order chi connectivity index (χ1) is 10.9. The zero-order valence-corrected chi connectivity index (χ0v) is 13.7. The van der Waals surface area contributed by atoms with Gasteiger partial charge in [0.15, 0.2) is 0 Å². The van der Waals surface area contributed by atoms with E-state index in [1.54, 1.807) is 52.4 Å². The van der Waals surface area contributed by atoms with Gasteiger partial charge < -0.3 is 20.1 Å². The number of nitrogens with two attached hydrogens (primary N) is 1. The summed E-state index contributed by atoms with van der Waals surface area (Å²) in [6.45, 7) is 1.85. The molecule has 23 heavy (non-hydrogen) atoms. The number of carbonyl (C=O) groups is 1. The Morgan fingerprint density at radius 2 is 1.78 bits per heavy atom. The third kappa shape index (κ3) is 3.88. The highest BCUT2D eigenvalue weighted by atomic mass is 16.5. The van der Waals surface area contributed by atoms with Crippen LogP contribution in [0.15, 0.2) is 24.3 Å². The fourth-order valence-corrected chi connectivity index (χ4v) is 2.09. The van der Waals surface area contributed by atoms with Crippen molar-refractivity contribution in [3.63, 3.8) is 0 Å².